The molecule has 0 aliphatic carbocycles. The first-order valence-corrected chi connectivity index (χ1v) is 4.48. The Morgan fingerprint density at radius 1 is 1.33 bits per heavy atom. The molecule has 64 valence electrons. The van der Waals surface area contributed by atoms with Gasteiger partial charge in [0.25, 0.3) is 0 Å². The van der Waals surface area contributed by atoms with Gasteiger partial charge in [0.05, 0.1) is 15.0 Å². The molecule has 1 nitrogen and oxygen atoms in total. The number of benzene rings is 1. The Hall–Kier alpha value is -0.310. The van der Waals surface area contributed by atoms with Crippen LogP contribution in [0.25, 0.3) is 0 Å². The second-order valence-corrected chi connectivity index (χ2v) is 3.73. The Morgan fingerprint density at radius 3 is 2.50 bits per heavy atom. The zero-order valence-electron chi connectivity index (χ0n) is 6.18. The molecule has 0 aliphatic heterocycles. The number of nitrogens with two attached hydrogens (primary N) is 1. The average Bonchev–Trinajstić information content (AvgIpc) is 1.96. The molecule has 0 aromatic heterocycles. The Kier molecular flexibility index (Phi) is 3.32. The van der Waals surface area contributed by atoms with Crippen LogP contribution in [-0.4, -0.2) is 4.99 Å². The first-order valence-electron chi connectivity index (χ1n) is 3.32. The summed E-state index contributed by atoms with van der Waals surface area (Å²) in [6.07, 6.45) is 0.562. The van der Waals surface area contributed by atoms with Crippen LogP contribution >= 0.6 is 35.4 Å². The molecule has 1 aromatic rings. The number of rotatable bonds is 2. The maximum atomic E-state index is 5.78. The van der Waals surface area contributed by atoms with Crippen molar-refractivity contribution in [3.05, 3.63) is 33.8 Å². The van der Waals surface area contributed by atoms with Crippen LogP contribution in [0.4, 0.5) is 0 Å². The van der Waals surface area contributed by atoms with E-state index in [1.165, 1.54) is 0 Å². The van der Waals surface area contributed by atoms with Crippen molar-refractivity contribution in [1.82, 2.24) is 0 Å². The van der Waals surface area contributed by atoms with E-state index in [0.29, 0.717) is 21.5 Å². The normalized spacial score (nSPS) is 9.83. The fraction of sp³-hybridized carbons (Fsp3) is 0.125. The van der Waals surface area contributed by atoms with E-state index in [0.717, 1.165) is 5.56 Å². The van der Waals surface area contributed by atoms with Crippen LogP contribution in [0.2, 0.25) is 10.0 Å². The van der Waals surface area contributed by atoms with Crippen molar-refractivity contribution < 1.29 is 0 Å². The highest BCUT2D eigenvalue weighted by Crippen LogP contribution is 2.22. The molecule has 2 N–H and O–H groups in total. The van der Waals surface area contributed by atoms with Gasteiger partial charge in [-0.1, -0.05) is 41.5 Å². The first kappa shape index (κ1) is 9.78. The molecule has 1 rings (SSSR count). The fourth-order valence-corrected chi connectivity index (χ4v) is 1.34. The molecule has 0 radical (unpaired) electrons. The lowest BCUT2D eigenvalue weighted by molar-refractivity contribution is 1.33. The molecule has 0 aliphatic rings. The second kappa shape index (κ2) is 4.08. The summed E-state index contributed by atoms with van der Waals surface area (Å²) in [4.78, 5) is 0.452. The quantitative estimate of drug-likeness (QED) is 0.775. The largest absolute Gasteiger partial charge is 0.393 e. The van der Waals surface area contributed by atoms with Gasteiger partial charge in [0.15, 0.2) is 0 Å². The standard InChI is InChI=1S/C8H7Cl2NS/c9-6-2-1-5(3-7(6)10)4-8(11)12/h1-3H,4H2,(H2,11,12). The molecule has 0 atom stereocenters. The van der Waals surface area contributed by atoms with E-state index in [9.17, 15) is 0 Å². The third kappa shape index (κ3) is 2.63. The lowest BCUT2D eigenvalue weighted by atomic mass is 10.1. The van der Waals surface area contributed by atoms with Crippen molar-refractivity contribution in [2.45, 2.75) is 6.42 Å². The number of hydrogen-bond donors (Lipinski definition) is 1. The van der Waals surface area contributed by atoms with Crippen LogP contribution in [0.3, 0.4) is 0 Å². The zero-order chi connectivity index (χ0) is 9.14. The van der Waals surface area contributed by atoms with Crippen molar-refractivity contribution in [2.24, 2.45) is 5.73 Å². The molecule has 0 amide bonds. The highest BCUT2D eigenvalue weighted by molar-refractivity contribution is 7.80. The molecular weight excluding hydrogens is 213 g/mol. The second-order valence-electron chi connectivity index (χ2n) is 2.39. The van der Waals surface area contributed by atoms with Gasteiger partial charge in [-0.2, -0.15) is 0 Å². The third-order valence-corrected chi connectivity index (χ3v) is 2.25. The van der Waals surface area contributed by atoms with Gasteiger partial charge in [-0.15, -0.1) is 0 Å². The minimum atomic E-state index is 0.452. The summed E-state index contributed by atoms with van der Waals surface area (Å²) in [5.41, 5.74) is 6.35. The maximum absolute atomic E-state index is 5.78. The minimum absolute atomic E-state index is 0.452. The van der Waals surface area contributed by atoms with Crippen molar-refractivity contribution >= 4 is 40.4 Å². The lowest BCUT2D eigenvalue weighted by Gasteiger charge is -2.00. The van der Waals surface area contributed by atoms with Gasteiger partial charge in [0, 0.05) is 6.42 Å². The van der Waals surface area contributed by atoms with Crippen LogP contribution in [-0.2, 0) is 6.42 Å². The monoisotopic (exact) mass is 219 g/mol. The van der Waals surface area contributed by atoms with Crippen molar-refractivity contribution in [1.29, 1.82) is 0 Å². The van der Waals surface area contributed by atoms with Crippen molar-refractivity contribution in [3.63, 3.8) is 0 Å². The number of halogens is 2. The molecular formula is C8H7Cl2NS. The summed E-state index contributed by atoms with van der Waals surface area (Å²) >= 11 is 16.3. The van der Waals surface area contributed by atoms with Crippen LogP contribution < -0.4 is 5.73 Å². The van der Waals surface area contributed by atoms with Gasteiger partial charge in [-0.05, 0) is 17.7 Å². The summed E-state index contributed by atoms with van der Waals surface area (Å²) in [5, 5.41) is 1.08. The molecule has 0 saturated carbocycles. The topological polar surface area (TPSA) is 26.0 Å². The Bertz CT molecular complexity index is 312. The summed E-state index contributed by atoms with van der Waals surface area (Å²) in [6.45, 7) is 0. The van der Waals surface area contributed by atoms with E-state index in [-0.39, 0.29) is 0 Å². The first-order chi connectivity index (χ1) is 5.59. The van der Waals surface area contributed by atoms with E-state index in [1.807, 2.05) is 6.07 Å². The molecule has 0 heterocycles. The van der Waals surface area contributed by atoms with Gasteiger partial charge < -0.3 is 5.73 Å². The van der Waals surface area contributed by atoms with Gasteiger partial charge in [0.2, 0.25) is 0 Å². The summed E-state index contributed by atoms with van der Waals surface area (Å²) in [7, 11) is 0. The average molecular weight is 220 g/mol. The van der Waals surface area contributed by atoms with Gasteiger partial charge in [-0.25, -0.2) is 0 Å². The fourth-order valence-electron chi connectivity index (χ4n) is 0.851. The van der Waals surface area contributed by atoms with Crippen LogP contribution in [0.1, 0.15) is 5.56 Å². The molecule has 0 bridgehead atoms. The Balaban J connectivity index is 2.89. The summed E-state index contributed by atoms with van der Waals surface area (Å²) < 4.78 is 0. The lowest BCUT2D eigenvalue weighted by Crippen LogP contribution is -2.10. The molecule has 0 unspecified atom stereocenters. The summed E-state index contributed by atoms with van der Waals surface area (Å²) in [5.74, 6) is 0. The van der Waals surface area contributed by atoms with Crippen LogP contribution in [0.5, 0.6) is 0 Å². The predicted octanol–water partition coefficient (Wildman–Crippen LogP) is 2.82. The van der Waals surface area contributed by atoms with E-state index >= 15 is 0 Å². The van der Waals surface area contributed by atoms with Gasteiger partial charge >= 0.3 is 0 Å². The van der Waals surface area contributed by atoms with Gasteiger partial charge in [0.1, 0.15) is 0 Å². The van der Waals surface area contributed by atoms with Crippen LogP contribution in [0, 0.1) is 0 Å². The molecule has 12 heavy (non-hydrogen) atoms. The van der Waals surface area contributed by atoms with Gasteiger partial charge in [-0.3, -0.25) is 0 Å². The zero-order valence-corrected chi connectivity index (χ0v) is 8.51. The molecule has 0 spiro atoms. The highest BCUT2D eigenvalue weighted by atomic mass is 35.5. The SMILES string of the molecule is NC(=S)Cc1ccc(Cl)c(Cl)c1. The smallest absolute Gasteiger partial charge is 0.0771 e. The van der Waals surface area contributed by atoms with E-state index in [4.69, 9.17) is 41.2 Å². The highest BCUT2D eigenvalue weighted by Gasteiger charge is 1.99. The third-order valence-electron chi connectivity index (χ3n) is 1.36. The Morgan fingerprint density at radius 2 is 2.00 bits per heavy atom. The molecule has 4 heteroatoms. The van der Waals surface area contributed by atoms with Crippen molar-refractivity contribution in [2.75, 3.05) is 0 Å². The van der Waals surface area contributed by atoms with E-state index in [2.05, 4.69) is 0 Å². The minimum Gasteiger partial charge on any atom is -0.393 e. The van der Waals surface area contributed by atoms with E-state index in [1.54, 1.807) is 12.1 Å². The molecule has 0 fully saturated rings. The van der Waals surface area contributed by atoms with Crippen molar-refractivity contribution in [3.8, 4) is 0 Å². The Labute approximate surface area is 86.5 Å². The molecule has 1 aromatic carbocycles. The summed E-state index contributed by atoms with van der Waals surface area (Å²) in [6, 6.07) is 5.36. The van der Waals surface area contributed by atoms with E-state index < -0.39 is 0 Å². The number of thiocarbonyl (C=S) groups is 1. The maximum Gasteiger partial charge on any atom is 0.0771 e. The molecule has 0 saturated heterocycles. The predicted molar refractivity (Wildman–Crippen MR) is 57.0 cm³/mol. The number of hydrogen-bond acceptors (Lipinski definition) is 1. The van der Waals surface area contributed by atoms with Crippen LogP contribution in [0.15, 0.2) is 18.2 Å².